The summed E-state index contributed by atoms with van der Waals surface area (Å²) in [5.41, 5.74) is 2.37. The molecule has 1 saturated carbocycles. The molecule has 0 spiro atoms. The number of benzene rings is 2. The van der Waals surface area contributed by atoms with Crippen LogP contribution in [0.4, 0.5) is 5.69 Å². The molecule has 0 saturated heterocycles. The summed E-state index contributed by atoms with van der Waals surface area (Å²) in [6.45, 7) is 4.93. The van der Waals surface area contributed by atoms with E-state index in [1.807, 2.05) is 42.5 Å². The monoisotopic (exact) mass is 442 g/mol. The number of fused-ring (bicyclic) bond motifs is 1. The predicted octanol–water partition coefficient (Wildman–Crippen LogP) is 5.53. The van der Waals surface area contributed by atoms with Crippen molar-refractivity contribution in [1.82, 2.24) is 5.32 Å². The molecule has 2 aromatic carbocycles. The number of hydrogen-bond donors (Lipinski definition) is 1. The molecule has 6 heteroatoms. The molecule has 30 heavy (non-hydrogen) atoms. The first-order chi connectivity index (χ1) is 14.4. The summed E-state index contributed by atoms with van der Waals surface area (Å²) < 4.78 is 0. The maximum atomic E-state index is 13.0. The Balaban J connectivity index is 1.57. The molecule has 2 amide bonds. The van der Waals surface area contributed by atoms with Gasteiger partial charge in [0.1, 0.15) is 0 Å². The molecule has 0 bridgehead atoms. The van der Waals surface area contributed by atoms with Crippen molar-refractivity contribution in [2.24, 2.45) is 11.8 Å². The average Bonchev–Trinajstić information content (AvgIpc) is 2.73. The average molecular weight is 443 g/mol. The highest BCUT2D eigenvalue weighted by Crippen LogP contribution is 2.37. The van der Waals surface area contributed by atoms with Gasteiger partial charge in [0.15, 0.2) is 0 Å². The standard InChI is InChI=1S/C24H27ClN2O2S/c1-15-5-3-8-20(16(15)2)26-24(29)18-9-10-22-21(12-18)27(23(28)14-30-22)13-17-6-4-7-19(25)11-17/h4,6-7,9-12,15-16,20H,3,5,8,13-14H2,1-2H3,(H,26,29)/t15-,16+,20+/m0/s1. The number of carbonyl (C=O) groups is 2. The molecule has 4 nitrogen and oxygen atoms in total. The molecule has 1 heterocycles. The molecular formula is C24H27ClN2O2S. The van der Waals surface area contributed by atoms with E-state index in [0.29, 0.717) is 34.7 Å². The largest absolute Gasteiger partial charge is 0.349 e. The Bertz CT molecular complexity index is 964. The molecular weight excluding hydrogens is 416 g/mol. The van der Waals surface area contributed by atoms with Crippen molar-refractivity contribution in [3.8, 4) is 0 Å². The van der Waals surface area contributed by atoms with Crippen LogP contribution in [0, 0.1) is 11.8 Å². The van der Waals surface area contributed by atoms with E-state index in [2.05, 4.69) is 19.2 Å². The van der Waals surface area contributed by atoms with Gasteiger partial charge in [-0.05, 0) is 54.2 Å². The summed E-state index contributed by atoms with van der Waals surface area (Å²) in [5, 5.41) is 3.89. The minimum atomic E-state index is -0.0607. The number of halogens is 1. The lowest BCUT2D eigenvalue weighted by Crippen LogP contribution is -2.43. The summed E-state index contributed by atoms with van der Waals surface area (Å²) >= 11 is 7.64. The van der Waals surface area contributed by atoms with Crippen LogP contribution in [0.3, 0.4) is 0 Å². The Morgan fingerprint density at radius 3 is 2.83 bits per heavy atom. The van der Waals surface area contributed by atoms with Gasteiger partial charge in [-0.15, -0.1) is 11.8 Å². The Labute approximate surface area is 187 Å². The number of thioether (sulfide) groups is 1. The topological polar surface area (TPSA) is 49.4 Å². The zero-order valence-electron chi connectivity index (χ0n) is 17.4. The molecule has 2 aliphatic rings. The number of nitrogens with zero attached hydrogens (tertiary/aromatic N) is 1. The SMILES string of the molecule is C[C@@H]1[C@@H](C)CCC[C@H]1NC(=O)c1ccc2c(c1)N(Cc1cccc(Cl)c1)C(=O)CS2. The quantitative estimate of drug-likeness (QED) is 0.676. The first kappa shape index (κ1) is 21.3. The van der Waals surface area contributed by atoms with Gasteiger partial charge in [0.05, 0.1) is 18.0 Å². The van der Waals surface area contributed by atoms with Gasteiger partial charge in [-0.1, -0.05) is 50.4 Å². The van der Waals surface area contributed by atoms with Crippen molar-refractivity contribution in [1.29, 1.82) is 0 Å². The summed E-state index contributed by atoms with van der Waals surface area (Å²) in [5.74, 6) is 1.47. The van der Waals surface area contributed by atoms with Gasteiger partial charge in [-0.2, -0.15) is 0 Å². The Hall–Kier alpha value is -1.98. The molecule has 1 fully saturated rings. The van der Waals surface area contributed by atoms with Gasteiger partial charge in [0, 0.05) is 21.5 Å². The summed E-state index contributed by atoms with van der Waals surface area (Å²) in [6, 6.07) is 13.4. The second-order valence-electron chi connectivity index (χ2n) is 8.43. The van der Waals surface area contributed by atoms with Gasteiger partial charge in [0.25, 0.3) is 5.91 Å². The van der Waals surface area contributed by atoms with Crippen molar-refractivity contribution in [3.63, 3.8) is 0 Å². The third kappa shape index (κ3) is 4.52. The summed E-state index contributed by atoms with van der Waals surface area (Å²) in [7, 11) is 0. The third-order valence-electron chi connectivity index (χ3n) is 6.42. The van der Waals surface area contributed by atoms with Crippen LogP contribution in [0.2, 0.25) is 5.02 Å². The van der Waals surface area contributed by atoms with E-state index < -0.39 is 0 Å². The fourth-order valence-corrected chi connectivity index (χ4v) is 5.50. The first-order valence-electron chi connectivity index (χ1n) is 10.5. The number of amides is 2. The number of carbonyl (C=O) groups excluding carboxylic acids is 2. The van der Waals surface area contributed by atoms with Crippen LogP contribution in [0.1, 0.15) is 49.0 Å². The summed E-state index contributed by atoms with van der Waals surface area (Å²) in [4.78, 5) is 28.5. The van der Waals surface area contributed by atoms with Crippen molar-refractivity contribution < 1.29 is 9.59 Å². The Morgan fingerprint density at radius 1 is 1.20 bits per heavy atom. The van der Waals surface area contributed by atoms with Gasteiger partial charge < -0.3 is 10.2 Å². The molecule has 158 valence electrons. The maximum absolute atomic E-state index is 13.0. The Kier molecular flexibility index (Phi) is 6.40. The molecule has 1 N–H and O–H groups in total. The predicted molar refractivity (Wildman–Crippen MR) is 123 cm³/mol. The molecule has 0 aromatic heterocycles. The second-order valence-corrected chi connectivity index (χ2v) is 9.88. The van der Waals surface area contributed by atoms with Crippen molar-refractivity contribution >= 4 is 40.9 Å². The molecule has 4 rings (SSSR count). The highest BCUT2D eigenvalue weighted by molar-refractivity contribution is 8.00. The maximum Gasteiger partial charge on any atom is 0.251 e. The number of rotatable bonds is 4. The minimum Gasteiger partial charge on any atom is -0.349 e. The van der Waals surface area contributed by atoms with E-state index in [1.54, 1.807) is 4.90 Å². The number of hydrogen-bond acceptors (Lipinski definition) is 3. The van der Waals surface area contributed by atoms with Crippen LogP contribution < -0.4 is 10.2 Å². The highest BCUT2D eigenvalue weighted by atomic mass is 35.5. The van der Waals surface area contributed by atoms with Gasteiger partial charge in [-0.3, -0.25) is 9.59 Å². The molecule has 0 unspecified atom stereocenters. The van der Waals surface area contributed by atoms with E-state index in [4.69, 9.17) is 11.6 Å². The molecule has 0 radical (unpaired) electrons. The van der Waals surface area contributed by atoms with E-state index in [-0.39, 0.29) is 17.9 Å². The molecule has 3 atom stereocenters. The molecule has 1 aliphatic heterocycles. The van der Waals surface area contributed by atoms with Crippen LogP contribution in [0.5, 0.6) is 0 Å². The van der Waals surface area contributed by atoms with Crippen LogP contribution >= 0.6 is 23.4 Å². The van der Waals surface area contributed by atoms with E-state index in [9.17, 15) is 9.59 Å². The second kappa shape index (κ2) is 9.03. The van der Waals surface area contributed by atoms with Crippen molar-refractivity contribution in [2.75, 3.05) is 10.7 Å². The molecule has 1 aliphatic carbocycles. The van der Waals surface area contributed by atoms with Gasteiger partial charge in [-0.25, -0.2) is 0 Å². The van der Waals surface area contributed by atoms with Crippen LogP contribution in [-0.4, -0.2) is 23.6 Å². The zero-order valence-corrected chi connectivity index (χ0v) is 18.9. The fourth-order valence-electron chi connectivity index (χ4n) is 4.37. The summed E-state index contributed by atoms with van der Waals surface area (Å²) in [6.07, 6.45) is 3.40. The normalized spacial score (nSPS) is 23.8. The number of anilines is 1. The van der Waals surface area contributed by atoms with E-state index >= 15 is 0 Å². The lowest BCUT2D eigenvalue weighted by molar-refractivity contribution is -0.116. The van der Waals surface area contributed by atoms with Gasteiger partial charge >= 0.3 is 0 Å². The lowest BCUT2D eigenvalue weighted by atomic mass is 9.78. The smallest absolute Gasteiger partial charge is 0.251 e. The minimum absolute atomic E-state index is 0.0414. The van der Waals surface area contributed by atoms with Crippen LogP contribution in [-0.2, 0) is 11.3 Å². The van der Waals surface area contributed by atoms with E-state index in [0.717, 1.165) is 29.0 Å². The third-order valence-corrected chi connectivity index (χ3v) is 7.70. The fraction of sp³-hybridized carbons (Fsp3) is 0.417. The van der Waals surface area contributed by atoms with Crippen molar-refractivity contribution in [3.05, 3.63) is 58.6 Å². The van der Waals surface area contributed by atoms with E-state index in [1.165, 1.54) is 18.2 Å². The van der Waals surface area contributed by atoms with Crippen LogP contribution in [0.15, 0.2) is 47.4 Å². The lowest BCUT2D eigenvalue weighted by Gasteiger charge is -2.34. The molecule has 2 aromatic rings. The first-order valence-corrected chi connectivity index (χ1v) is 11.9. The Morgan fingerprint density at radius 2 is 2.03 bits per heavy atom. The highest BCUT2D eigenvalue weighted by Gasteiger charge is 2.30. The van der Waals surface area contributed by atoms with Gasteiger partial charge in [0.2, 0.25) is 5.91 Å². The zero-order chi connectivity index (χ0) is 21.3. The van der Waals surface area contributed by atoms with Crippen LogP contribution in [0.25, 0.3) is 0 Å². The van der Waals surface area contributed by atoms with Crippen molar-refractivity contribution in [2.45, 2.75) is 50.6 Å². The number of nitrogens with one attached hydrogen (secondary N) is 1.